The predicted octanol–water partition coefficient (Wildman–Crippen LogP) is 1.71. The Morgan fingerprint density at radius 3 is 2.74 bits per heavy atom. The fourth-order valence-corrected chi connectivity index (χ4v) is 1.68. The van der Waals surface area contributed by atoms with E-state index in [4.69, 9.17) is 0 Å². The van der Waals surface area contributed by atoms with Gasteiger partial charge in [0.2, 0.25) is 5.91 Å². The SMILES string of the molecule is CC(C)(C)c1nccc(NCCNC(=O)C2CC2)n1. The highest BCUT2D eigenvalue weighted by Crippen LogP contribution is 2.28. The van der Waals surface area contributed by atoms with Gasteiger partial charge in [0.15, 0.2) is 0 Å². The van der Waals surface area contributed by atoms with Crippen LogP contribution in [-0.4, -0.2) is 29.0 Å². The summed E-state index contributed by atoms with van der Waals surface area (Å²) >= 11 is 0. The molecule has 0 bridgehead atoms. The van der Waals surface area contributed by atoms with Crippen LogP contribution in [0.3, 0.4) is 0 Å². The average molecular weight is 262 g/mol. The predicted molar refractivity (Wildman–Crippen MR) is 75.0 cm³/mol. The molecule has 1 aliphatic carbocycles. The van der Waals surface area contributed by atoms with Crippen molar-refractivity contribution in [3.63, 3.8) is 0 Å². The van der Waals surface area contributed by atoms with Crippen LogP contribution in [0.15, 0.2) is 12.3 Å². The van der Waals surface area contributed by atoms with Crippen molar-refractivity contribution in [2.75, 3.05) is 18.4 Å². The maximum Gasteiger partial charge on any atom is 0.223 e. The number of anilines is 1. The van der Waals surface area contributed by atoms with Gasteiger partial charge in [-0.15, -0.1) is 0 Å². The first-order chi connectivity index (χ1) is 8.97. The van der Waals surface area contributed by atoms with E-state index in [1.54, 1.807) is 6.20 Å². The molecular formula is C14H22N4O. The molecule has 1 amide bonds. The Kier molecular flexibility index (Phi) is 4.02. The molecular weight excluding hydrogens is 240 g/mol. The standard InChI is InChI=1S/C14H22N4O/c1-14(2,3)13-17-7-6-11(18-13)15-8-9-16-12(19)10-4-5-10/h6-7,10H,4-5,8-9H2,1-3H3,(H,16,19)(H,15,17,18). The summed E-state index contributed by atoms with van der Waals surface area (Å²) in [5.41, 5.74) is -0.0577. The first-order valence-electron chi connectivity index (χ1n) is 6.82. The third-order valence-electron chi connectivity index (χ3n) is 3.00. The van der Waals surface area contributed by atoms with Crippen molar-refractivity contribution >= 4 is 11.7 Å². The molecule has 104 valence electrons. The van der Waals surface area contributed by atoms with Gasteiger partial charge in [0, 0.05) is 30.6 Å². The van der Waals surface area contributed by atoms with Crippen LogP contribution in [0.5, 0.6) is 0 Å². The molecule has 0 aliphatic heterocycles. The van der Waals surface area contributed by atoms with Crippen LogP contribution in [0.25, 0.3) is 0 Å². The van der Waals surface area contributed by atoms with E-state index < -0.39 is 0 Å². The van der Waals surface area contributed by atoms with E-state index in [1.165, 1.54) is 0 Å². The molecule has 0 unspecified atom stereocenters. The molecule has 5 heteroatoms. The van der Waals surface area contributed by atoms with E-state index in [0.717, 1.165) is 24.5 Å². The molecule has 0 aromatic carbocycles. The monoisotopic (exact) mass is 262 g/mol. The summed E-state index contributed by atoms with van der Waals surface area (Å²) < 4.78 is 0. The van der Waals surface area contributed by atoms with Crippen LogP contribution in [0.2, 0.25) is 0 Å². The van der Waals surface area contributed by atoms with Gasteiger partial charge >= 0.3 is 0 Å². The first kappa shape index (κ1) is 13.8. The van der Waals surface area contributed by atoms with Gasteiger partial charge in [0.25, 0.3) is 0 Å². The minimum absolute atomic E-state index is 0.0577. The normalized spacial score (nSPS) is 15.1. The molecule has 2 rings (SSSR count). The number of hydrogen-bond donors (Lipinski definition) is 2. The smallest absolute Gasteiger partial charge is 0.223 e. The lowest BCUT2D eigenvalue weighted by Gasteiger charge is -2.17. The Morgan fingerprint density at radius 2 is 2.11 bits per heavy atom. The number of amides is 1. The van der Waals surface area contributed by atoms with E-state index >= 15 is 0 Å². The van der Waals surface area contributed by atoms with Crippen molar-refractivity contribution < 1.29 is 4.79 Å². The summed E-state index contributed by atoms with van der Waals surface area (Å²) in [6.07, 6.45) is 3.85. The molecule has 0 atom stereocenters. The molecule has 1 fully saturated rings. The average Bonchev–Trinajstić information content (AvgIpc) is 3.18. The van der Waals surface area contributed by atoms with Gasteiger partial charge in [-0.2, -0.15) is 0 Å². The minimum atomic E-state index is -0.0577. The van der Waals surface area contributed by atoms with Crippen LogP contribution >= 0.6 is 0 Å². The van der Waals surface area contributed by atoms with Crippen molar-refractivity contribution in [1.29, 1.82) is 0 Å². The summed E-state index contributed by atoms with van der Waals surface area (Å²) in [6.45, 7) is 7.56. The number of rotatable bonds is 5. The summed E-state index contributed by atoms with van der Waals surface area (Å²) in [5.74, 6) is 2.08. The number of carbonyl (C=O) groups excluding carboxylic acids is 1. The number of hydrogen-bond acceptors (Lipinski definition) is 4. The highest BCUT2D eigenvalue weighted by molar-refractivity contribution is 5.80. The van der Waals surface area contributed by atoms with Crippen molar-refractivity contribution in [2.24, 2.45) is 5.92 Å². The van der Waals surface area contributed by atoms with E-state index in [1.807, 2.05) is 6.07 Å². The second kappa shape index (κ2) is 5.55. The Morgan fingerprint density at radius 1 is 1.37 bits per heavy atom. The van der Waals surface area contributed by atoms with Gasteiger partial charge in [0.05, 0.1) is 0 Å². The molecule has 0 radical (unpaired) electrons. The Balaban J connectivity index is 1.77. The van der Waals surface area contributed by atoms with Crippen molar-refractivity contribution in [3.05, 3.63) is 18.1 Å². The molecule has 0 spiro atoms. The Labute approximate surface area is 114 Å². The fraction of sp³-hybridized carbons (Fsp3) is 0.643. The summed E-state index contributed by atoms with van der Waals surface area (Å²) in [4.78, 5) is 20.2. The van der Waals surface area contributed by atoms with Gasteiger partial charge < -0.3 is 10.6 Å². The maximum atomic E-state index is 11.4. The van der Waals surface area contributed by atoms with E-state index in [-0.39, 0.29) is 17.2 Å². The lowest BCUT2D eigenvalue weighted by atomic mass is 9.96. The summed E-state index contributed by atoms with van der Waals surface area (Å²) in [7, 11) is 0. The van der Waals surface area contributed by atoms with Crippen LogP contribution in [0.1, 0.15) is 39.4 Å². The third-order valence-corrected chi connectivity index (χ3v) is 3.00. The van der Waals surface area contributed by atoms with Crippen LogP contribution in [-0.2, 0) is 10.2 Å². The van der Waals surface area contributed by atoms with E-state index in [2.05, 4.69) is 41.4 Å². The van der Waals surface area contributed by atoms with E-state index in [9.17, 15) is 4.79 Å². The number of nitrogens with zero attached hydrogens (tertiary/aromatic N) is 2. The van der Waals surface area contributed by atoms with Gasteiger partial charge in [0.1, 0.15) is 11.6 Å². The molecule has 0 saturated heterocycles. The van der Waals surface area contributed by atoms with Gasteiger partial charge in [-0.25, -0.2) is 9.97 Å². The quantitative estimate of drug-likeness (QED) is 0.793. The van der Waals surface area contributed by atoms with Gasteiger partial charge in [-0.1, -0.05) is 20.8 Å². The zero-order valence-corrected chi connectivity index (χ0v) is 11.9. The fourth-order valence-electron chi connectivity index (χ4n) is 1.68. The molecule has 1 aromatic heterocycles. The first-order valence-corrected chi connectivity index (χ1v) is 6.82. The second-order valence-electron chi connectivity index (χ2n) is 6.01. The second-order valence-corrected chi connectivity index (χ2v) is 6.01. The van der Waals surface area contributed by atoms with Crippen LogP contribution in [0, 0.1) is 5.92 Å². The van der Waals surface area contributed by atoms with E-state index in [0.29, 0.717) is 13.1 Å². The van der Waals surface area contributed by atoms with Gasteiger partial charge in [-0.05, 0) is 18.9 Å². The molecule has 5 nitrogen and oxygen atoms in total. The summed E-state index contributed by atoms with van der Waals surface area (Å²) in [6, 6.07) is 1.85. The highest BCUT2D eigenvalue weighted by Gasteiger charge is 2.28. The third kappa shape index (κ3) is 4.19. The molecule has 1 aliphatic rings. The Bertz CT molecular complexity index is 449. The van der Waals surface area contributed by atoms with Crippen molar-refractivity contribution in [2.45, 2.75) is 39.0 Å². The molecule has 2 N–H and O–H groups in total. The van der Waals surface area contributed by atoms with Crippen molar-refractivity contribution in [1.82, 2.24) is 15.3 Å². The van der Waals surface area contributed by atoms with Gasteiger partial charge in [-0.3, -0.25) is 4.79 Å². The maximum absolute atomic E-state index is 11.4. The van der Waals surface area contributed by atoms with Crippen molar-refractivity contribution in [3.8, 4) is 0 Å². The molecule has 19 heavy (non-hydrogen) atoms. The topological polar surface area (TPSA) is 66.9 Å². The highest BCUT2D eigenvalue weighted by atomic mass is 16.2. The largest absolute Gasteiger partial charge is 0.368 e. The zero-order valence-electron chi connectivity index (χ0n) is 11.9. The van der Waals surface area contributed by atoms with Crippen LogP contribution in [0.4, 0.5) is 5.82 Å². The molecule has 1 saturated carbocycles. The zero-order chi connectivity index (χ0) is 13.9. The Hall–Kier alpha value is -1.65. The minimum Gasteiger partial charge on any atom is -0.368 e. The molecule has 1 heterocycles. The number of carbonyl (C=O) groups is 1. The lowest BCUT2D eigenvalue weighted by molar-refractivity contribution is -0.122. The molecule has 1 aromatic rings. The number of aromatic nitrogens is 2. The summed E-state index contributed by atoms with van der Waals surface area (Å²) in [5, 5.41) is 6.12. The van der Waals surface area contributed by atoms with Crippen LogP contribution < -0.4 is 10.6 Å². The lowest BCUT2D eigenvalue weighted by Crippen LogP contribution is -2.30. The number of nitrogens with one attached hydrogen (secondary N) is 2.